The number of aromatic nitrogens is 1. The van der Waals surface area contributed by atoms with Crippen molar-refractivity contribution in [2.75, 3.05) is 18.4 Å². The van der Waals surface area contributed by atoms with Crippen LogP contribution >= 0.6 is 0 Å². The van der Waals surface area contributed by atoms with Gasteiger partial charge in [-0.1, -0.05) is 24.3 Å². The van der Waals surface area contributed by atoms with Crippen LogP contribution in [0.3, 0.4) is 0 Å². The molecule has 0 spiro atoms. The van der Waals surface area contributed by atoms with E-state index < -0.39 is 12.7 Å². The summed E-state index contributed by atoms with van der Waals surface area (Å²) in [5.74, 6) is 0.782. The van der Waals surface area contributed by atoms with Crippen LogP contribution in [0, 0.1) is 0 Å². The first-order chi connectivity index (χ1) is 13.3. The van der Waals surface area contributed by atoms with E-state index in [4.69, 9.17) is 0 Å². The van der Waals surface area contributed by atoms with Crippen molar-refractivity contribution in [1.82, 2.24) is 10.3 Å². The molecular formula is C21H24F3N3O. The van der Waals surface area contributed by atoms with Crippen LogP contribution in [0.2, 0.25) is 0 Å². The fourth-order valence-corrected chi connectivity index (χ4v) is 2.95. The Bertz CT molecular complexity index is 784. The molecule has 0 unspecified atom stereocenters. The molecule has 1 aliphatic rings. The molecule has 1 fully saturated rings. The van der Waals surface area contributed by atoms with Gasteiger partial charge in [-0.2, -0.15) is 13.2 Å². The Morgan fingerprint density at radius 3 is 2.46 bits per heavy atom. The van der Waals surface area contributed by atoms with Crippen molar-refractivity contribution in [3.8, 4) is 0 Å². The summed E-state index contributed by atoms with van der Waals surface area (Å²) in [5, 5.41) is 5.40. The summed E-state index contributed by atoms with van der Waals surface area (Å²) < 4.78 is 36.6. The minimum absolute atomic E-state index is 0.0782. The van der Waals surface area contributed by atoms with E-state index in [2.05, 4.69) is 27.8 Å². The Morgan fingerprint density at radius 2 is 1.89 bits per heavy atom. The predicted octanol–water partition coefficient (Wildman–Crippen LogP) is 4.40. The molecule has 2 aromatic rings. The fraction of sp³-hybridized carbons (Fsp3) is 0.429. The Morgan fingerprint density at radius 1 is 1.18 bits per heavy atom. The molecule has 28 heavy (non-hydrogen) atoms. The molecule has 1 saturated carbocycles. The highest BCUT2D eigenvalue weighted by Crippen LogP contribution is 2.39. The Balaban J connectivity index is 1.43. The summed E-state index contributed by atoms with van der Waals surface area (Å²) in [4.78, 5) is 16.4. The largest absolute Gasteiger partial charge is 0.405 e. The highest BCUT2D eigenvalue weighted by Gasteiger charge is 2.26. The van der Waals surface area contributed by atoms with E-state index >= 15 is 0 Å². The van der Waals surface area contributed by atoms with Crippen LogP contribution in [0.5, 0.6) is 0 Å². The minimum atomic E-state index is -4.27. The molecule has 1 aromatic carbocycles. The number of pyridine rings is 1. The highest BCUT2D eigenvalue weighted by molar-refractivity contribution is 5.82. The van der Waals surface area contributed by atoms with Gasteiger partial charge in [0.25, 0.3) is 0 Å². The van der Waals surface area contributed by atoms with Crippen LogP contribution in [0.15, 0.2) is 42.6 Å². The van der Waals surface area contributed by atoms with Crippen LogP contribution in [0.1, 0.15) is 48.5 Å². The molecule has 150 valence electrons. The fourth-order valence-electron chi connectivity index (χ4n) is 2.95. The molecule has 1 heterocycles. The topological polar surface area (TPSA) is 54.0 Å². The number of ketones is 1. The maximum Gasteiger partial charge on any atom is 0.405 e. The lowest BCUT2D eigenvalue weighted by atomic mass is 10.0. The van der Waals surface area contributed by atoms with E-state index in [1.54, 1.807) is 12.1 Å². The standard InChI is InChI=1S/C21H24F3N3O/c1-14(20-9-8-18(11-26-20)27-13-21(22,23)24)25-12-19(28)10-15-2-4-16(5-3-15)17-6-7-17/h2-5,8-9,11,14,17,25,27H,6-7,10,12-13H2,1H3/t14-/m1/s1. The molecular weight excluding hydrogens is 367 g/mol. The summed E-state index contributed by atoms with van der Waals surface area (Å²) in [6.45, 7) is 0.974. The van der Waals surface area contributed by atoms with Gasteiger partial charge in [0.1, 0.15) is 6.54 Å². The van der Waals surface area contributed by atoms with Crippen molar-refractivity contribution in [2.45, 2.75) is 44.3 Å². The number of rotatable bonds is 9. The zero-order chi connectivity index (χ0) is 20.1. The maximum absolute atomic E-state index is 12.2. The first-order valence-electron chi connectivity index (χ1n) is 9.40. The van der Waals surface area contributed by atoms with Gasteiger partial charge in [0.05, 0.1) is 24.1 Å². The van der Waals surface area contributed by atoms with Crippen molar-refractivity contribution >= 4 is 11.5 Å². The van der Waals surface area contributed by atoms with Crippen molar-refractivity contribution < 1.29 is 18.0 Å². The van der Waals surface area contributed by atoms with E-state index in [0.29, 0.717) is 23.7 Å². The smallest absolute Gasteiger partial charge is 0.375 e. The molecule has 1 atom stereocenters. The van der Waals surface area contributed by atoms with Gasteiger partial charge in [-0.3, -0.25) is 9.78 Å². The zero-order valence-corrected chi connectivity index (χ0v) is 15.7. The lowest BCUT2D eigenvalue weighted by Gasteiger charge is -2.14. The second kappa shape index (κ2) is 8.73. The number of alkyl halides is 3. The van der Waals surface area contributed by atoms with Crippen LogP contribution in [-0.4, -0.2) is 30.0 Å². The average Bonchev–Trinajstić information content (AvgIpc) is 3.50. The third-order valence-corrected chi connectivity index (χ3v) is 4.76. The minimum Gasteiger partial charge on any atom is -0.375 e. The van der Waals surface area contributed by atoms with Crippen LogP contribution in [0.25, 0.3) is 0 Å². The number of nitrogens with zero attached hydrogens (tertiary/aromatic N) is 1. The molecule has 2 N–H and O–H groups in total. The number of benzene rings is 1. The van der Waals surface area contributed by atoms with Gasteiger partial charge < -0.3 is 10.6 Å². The molecule has 0 saturated heterocycles. The first kappa shape index (κ1) is 20.3. The quantitative estimate of drug-likeness (QED) is 0.666. The summed E-state index contributed by atoms with van der Waals surface area (Å²) in [6.07, 6.45) is -0.0199. The lowest BCUT2D eigenvalue weighted by molar-refractivity contribution is -0.118. The zero-order valence-electron chi connectivity index (χ0n) is 15.7. The Kier molecular flexibility index (Phi) is 6.34. The van der Waals surface area contributed by atoms with E-state index in [-0.39, 0.29) is 18.4 Å². The molecule has 0 bridgehead atoms. The van der Waals surface area contributed by atoms with Crippen molar-refractivity contribution in [3.05, 3.63) is 59.4 Å². The number of nitrogens with one attached hydrogen (secondary N) is 2. The Labute approximate surface area is 162 Å². The summed E-state index contributed by atoms with van der Waals surface area (Å²) >= 11 is 0. The van der Waals surface area contributed by atoms with Gasteiger partial charge in [0.15, 0.2) is 5.78 Å². The van der Waals surface area contributed by atoms with Crippen molar-refractivity contribution in [2.24, 2.45) is 0 Å². The number of carbonyl (C=O) groups is 1. The second-order valence-corrected chi connectivity index (χ2v) is 7.27. The van der Waals surface area contributed by atoms with E-state index in [0.717, 1.165) is 5.56 Å². The van der Waals surface area contributed by atoms with Crippen LogP contribution in [0.4, 0.5) is 18.9 Å². The normalized spacial score (nSPS) is 15.3. The second-order valence-electron chi connectivity index (χ2n) is 7.27. The van der Waals surface area contributed by atoms with Gasteiger partial charge >= 0.3 is 6.18 Å². The first-order valence-corrected chi connectivity index (χ1v) is 9.40. The number of anilines is 1. The predicted molar refractivity (Wildman–Crippen MR) is 102 cm³/mol. The van der Waals surface area contributed by atoms with Crippen molar-refractivity contribution in [1.29, 1.82) is 0 Å². The molecule has 3 rings (SSSR count). The third-order valence-electron chi connectivity index (χ3n) is 4.76. The van der Waals surface area contributed by atoms with Crippen molar-refractivity contribution in [3.63, 3.8) is 0 Å². The number of halogens is 3. The van der Waals surface area contributed by atoms with Crippen LogP contribution < -0.4 is 10.6 Å². The lowest BCUT2D eigenvalue weighted by Crippen LogP contribution is -2.27. The number of carbonyl (C=O) groups excluding carboxylic acids is 1. The van der Waals surface area contributed by atoms with Gasteiger partial charge in [-0.15, -0.1) is 0 Å². The SMILES string of the molecule is C[C@@H](NCC(=O)Cc1ccc(C2CC2)cc1)c1ccc(NCC(F)(F)F)cn1. The molecule has 1 aliphatic carbocycles. The molecule has 0 aliphatic heterocycles. The summed E-state index contributed by atoms with van der Waals surface area (Å²) in [6, 6.07) is 11.3. The molecule has 0 amide bonds. The molecule has 7 heteroatoms. The molecule has 4 nitrogen and oxygen atoms in total. The summed E-state index contributed by atoms with van der Waals surface area (Å²) in [7, 11) is 0. The number of Topliss-reactive ketones (excluding diaryl/α,β-unsaturated/α-hetero) is 1. The van der Waals surface area contributed by atoms with Gasteiger partial charge in [-0.25, -0.2) is 0 Å². The monoisotopic (exact) mass is 391 g/mol. The Hall–Kier alpha value is -2.41. The highest BCUT2D eigenvalue weighted by atomic mass is 19.4. The maximum atomic E-state index is 12.2. The molecule has 0 radical (unpaired) electrons. The third kappa shape index (κ3) is 6.34. The van der Waals surface area contributed by atoms with Gasteiger partial charge in [0, 0.05) is 12.5 Å². The van der Waals surface area contributed by atoms with E-state index in [1.807, 2.05) is 19.1 Å². The van der Waals surface area contributed by atoms with E-state index in [9.17, 15) is 18.0 Å². The molecule has 1 aromatic heterocycles. The van der Waals surface area contributed by atoms with Gasteiger partial charge in [0.2, 0.25) is 0 Å². The number of hydrogen-bond donors (Lipinski definition) is 2. The summed E-state index contributed by atoms with van der Waals surface area (Å²) in [5.41, 5.74) is 3.32. The van der Waals surface area contributed by atoms with Crippen LogP contribution in [-0.2, 0) is 11.2 Å². The number of hydrogen-bond acceptors (Lipinski definition) is 4. The average molecular weight is 391 g/mol. The van der Waals surface area contributed by atoms with E-state index in [1.165, 1.54) is 24.6 Å². The van der Waals surface area contributed by atoms with Gasteiger partial charge in [-0.05, 0) is 48.9 Å².